The highest BCUT2D eigenvalue weighted by molar-refractivity contribution is 5.96. The third-order valence-corrected chi connectivity index (χ3v) is 5.27. The predicted molar refractivity (Wildman–Crippen MR) is 114 cm³/mol. The van der Waals surface area contributed by atoms with Crippen LogP contribution >= 0.6 is 0 Å². The molecule has 5 heteroatoms. The fourth-order valence-corrected chi connectivity index (χ4v) is 3.62. The predicted octanol–water partition coefficient (Wildman–Crippen LogP) is 3.49. The van der Waals surface area contributed by atoms with E-state index in [4.69, 9.17) is 0 Å². The molecule has 2 aromatic carbocycles. The summed E-state index contributed by atoms with van der Waals surface area (Å²) in [5, 5.41) is 2.92. The summed E-state index contributed by atoms with van der Waals surface area (Å²) in [4.78, 5) is 28.9. The zero-order chi connectivity index (χ0) is 19.9. The van der Waals surface area contributed by atoms with Crippen LogP contribution in [0.2, 0.25) is 0 Å². The summed E-state index contributed by atoms with van der Waals surface area (Å²) in [5.41, 5.74) is 4.00. The van der Waals surface area contributed by atoms with E-state index in [1.54, 1.807) is 0 Å². The Labute approximate surface area is 167 Å². The molecule has 1 N–H and O–H groups in total. The molecule has 0 atom stereocenters. The summed E-state index contributed by atoms with van der Waals surface area (Å²) >= 11 is 0. The van der Waals surface area contributed by atoms with E-state index in [1.165, 1.54) is 5.56 Å². The lowest BCUT2D eigenvalue weighted by molar-refractivity contribution is -0.118. The number of carbonyl (C=O) groups is 2. The Kier molecular flexibility index (Phi) is 6.82. The maximum Gasteiger partial charge on any atom is 0.238 e. The van der Waals surface area contributed by atoms with Gasteiger partial charge in [-0.3, -0.25) is 14.5 Å². The lowest BCUT2D eigenvalue weighted by Crippen LogP contribution is -2.36. The maximum absolute atomic E-state index is 12.8. The summed E-state index contributed by atoms with van der Waals surface area (Å²) in [5.74, 6) is 0.0999. The molecule has 0 radical (unpaired) electrons. The monoisotopic (exact) mass is 379 g/mol. The summed E-state index contributed by atoms with van der Waals surface area (Å²) in [6, 6.07) is 15.7. The number of aryl methyl sites for hydroxylation is 1. The van der Waals surface area contributed by atoms with Gasteiger partial charge in [0.05, 0.1) is 13.0 Å². The lowest BCUT2D eigenvalue weighted by atomic mass is 10.0. The van der Waals surface area contributed by atoms with Crippen molar-refractivity contribution in [2.45, 2.75) is 33.1 Å². The van der Waals surface area contributed by atoms with Crippen molar-refractivity contribution in [1.82, 2.24) is 4.90 Å². The minimum atomic E-state index is -0.0162. The Morgan fingerprint density at radius 2 is 1.75 bits per heavy atom. The number of rotatable bonds is 7. The van der Waals surface area contributed by atoms with Crippen molar-refractivity contribution < 1.29 is 9.59 Å². The van der Waals surface area contributed by atoms with Crippen LogP contribution in [-0.2, 0) is 22.4 Å². The zero-order valence-corrected chi connectivity index (χ0v) is 16.8. The molecule has 148 valence electrons. The normalized spacial score (nSPS) is 13.3. The van der Waals surface area contributed by atoms with Gasteiger partial charge in [-0.05, 0) is 55.3 Å². The standard InChI is InChI=1S/C23H29N3O2/c1-3-25(4-2)17-22(27)24-20-13-11-18(12-14-20)16-23(28)26-15-7-9-19-8-5-6-10-21(19)26/h5-6,8,10-14H,3-4,7,9,15-17H2,1-2H3,(H,24,27). The van der Waals surface area contributed by atoms with Crippen LogP contribution in [-0.4, -0.2) is 42.9 Å². The van der Waals surface area contributed by atoms with E-state index in [0.29, 0.717) is 13.0 Å². The van der Waals surface area contributed by atoms with Gasteiger partial charge >= 0.3 is 0 Å². The molecule has 0 aromatic heterocycles. The van der Waals surface area contributed by atoms with E-state index in [0.717, 1.165) is 49.4 Å². The number of likely N-dealkylation sites (N-methyl/N-ethyl adjacent to an activating group) is 1. The molecule has 5 nitrogen and oxygen atoms in total. The number of nitrogens with zero attached hydrogens (tertiary/aromatic N) is 2. The van der Waals surface area contributed by atoms with Crippen LogP contribution in [0.25, 0.3) is 0 Å². The van der Waals surface area contributed by atoms with Gasteiger partial charge in [-0.15, -0.1) is 0 Å². The smallest absolute Gasteiger partial charge is 0.238 e. The highest BCUT2D eigenvalue weighted by Gasteiger charge is 2.22. The Hall–Kier alpha value is -2.66. The van der Waals surface area contributed by atoms with Gasteiger partial charge in [-0.1, -0.05) is 44.2 Å². The molecule has 1 heterocycles. The van der Waals surface area contributed by atoms with Crippen molar-refractivity contribution in [1.29, 1.82) is 0 Å². The van der Waals surface area contributed by atoms with Crippen LogP contribution in [0, 0.1) is 0 Å². The molecule has 0 fully saturated rings. The van der Waals surface area contributed by atoms with E-state index in [9.17, 15) is 9.59 Å². The number of benzene rings is 2. The summed E-state index contributed by atoms with van der Waals surface area (Å²) < 4.78 is 0. The van der Waals surface area contributed by atoms with Crippen LogP contribution in [0.4, 0.5) is 11.4 Å². The second-order valence-corrected chi connectivity index (χ2v) is 7.16. The first-order chi connectivity index (χ1) is 13.6. The van der Waals surface area contributed by atoms with Crippen LogP contribution in [0.5, 0.6) is 0 Å². The van der Waals surface area contributed by atoms with Gasteiger partial charge < -0.3 is 10.2 Å². The van der Waals surface area contributed by atoms with Gasteiger partial charge in [0.25, 0.3) is 0 Å². The molecule has 2 amide bonds. The average molecular weight is 380 g/mol. The van der Waals surface area contributed by atoms with E-state index in [-0.39, 0.29) is 11.8 Å². The number of fused-ring (bicyclic) bond motifs is 1. The fourth-order valence-electron chi connectivity index (χ4n) is 3.62. The number of anilines is 2. The third-order valence-electron chi connectivity index (χ3n) is 5.27. The Balaban J connectivity index is 1.59. The van der Waals surface area contributed by atoms with Crippen molar-refractivity contribution in [2.24, 2.45) is 0 Å². The molecule has 2 aromatic rings. The fraction of sp³-hybridized carbons (Fsp3) is 0.391. The van der Waals surface area contributed by atoms with Gasteiger partial charge in [0.2, 0.25) is 11.8 Å². The molecule has 0 saturated carbocycles. The molecule has 0 bridgehead atoms. The molecule has 3 rings (SSSR count). The second kappa shape index (κ2) is 9.51. The number of carbonyl (C=O) groups excluding carboxylic acids is 2. The Bertz CT molecular complexity index is 813. The highest BCUT2D eigenvalue weighted by Crippen LogP contribution is 2.27. The molecular weight excluding hydrogens is 350 g/mol. The van der Waals surface area contributed by atoms with E-state index >= 15 is 0 Å². The molecule has 0 spiro atoms. The van der Waals surface area contributed by atoms with Gasteiger partial charge in [0.15, 0.2) is 0 Å². The van der Waals surface area contributed by atoms with Crippen molar-refractivity contribution in [3.8, 4) is 0 Å². The van der Waals surface area contributed by atoms with Gasteiger partial charge in [0, 0.05) is 17.9 Å². The van der Waals surface area contributed by atoms with E-state index in [2.05, 4.69) is 16.3 Å². The van der Waals surface area contributed by atoms with Crippen molar-refractivity contribution >= 4 is 23.2 Å². The molecule has 1 aliphatic heterocycles. The van der Waals surface area contributed by atoms with Crippen LogP contribution in [0.15, 0.2) is 48.5 Å². The third kappa shape index (κ3) is 4.98. The minimum Gasteiger partial charge on any atom is -0.325 e. The first kappa shape index (κ1) is 20.1. The molecule has 28 heavy (non-hydrogen) atoms. The number of hydrogen-bond acceptors (Lipinski definition) is 3. The molecule has 0 saturated heterocycles. The maximum atomic E-state index is 12.8. The number of hydrogen-bond donors (Lipinski definition) is 1. The first-order valence-electron chi connectivity index (χ1n) is 10.1. The molecular formula is C23H29N3O2. The largest absolute Gasteiger partial charge is 0.325 e. The second-order valence-electron chi connectivity index (χ2n) is 7.16. The summed E-state index contributed by atoms with van der Waals surface area (Å²) in [6.07, 6.45) is 2.39. The highest BCUT2D eigenvalue weighted by atomic mass is 16.2. The topological polar surface area (TPSA) is 52.7 Å². The quantitative estimate of drug-likeness (QED) is 0.801. The van der Waals surface area contributed by atoms with E-state index < -0.39 is 0 Å². The van der Waals surface area contributed by atoms with Crippen LogP contribution in [0.3, 0.4) is 0 Å². The zero-order valence-electron chi connectivity index (χ0n) is 16.8. The van der Waals surface area contributed by atoms with E-state index in [1.807, 2.05) is 61.2 Å². The number of amides is 2. The van der Waals surface area contributed by atoms with Gasteiger partial charge in [0.1, 0.15) is 0 Å². The van der Waals surface area contributed by atoms with Gasteiger partial charge in [-0.25, -0.2) is 0 Å². The Morgan fingerprint density at radius 1 is 1.04 bits per heavy atom. The number of nitrogens with one attached hydrogen (secondary N) is 1. The number of para-hydroxylation sites is 1. The molecule has 0 aliphatic carbocycles. The minimum absolute atomic E-state index is 0.0162. The van der Waals surface area contributed by atoms with Crippen molar-refractivity contribution in [3.05, 3.63) is 59.7 Å². The Morgan fingerprint density at radius 3 is 2.46 bits per heavy atom. The summed E-state index contributed by atoms with van der Waals surface area (Å²) in [7, 11) is 0. The van der Waals surface area contributed by atoms with Gasteiger partial charge in [-0.2, -0.15) is 0 Å². The molecule has 1 aliphatic rings. The first-order valence-corrected chi connectivity index (χ1v) is 10.1. The molecule has 0 unspecified atom stereocenters. The SMILES string of the molecule is CCN(CC)CC(=O)Nc1ccc(CC(=O)N2CCCc3ccccc32)cc1. The van der Waals surface area contributed by atoms with Crippen molar-refractivity contribution in [2.75, 3.05) is 36.4 Å². The van der Waals surface area contributed by atoms with Crippen molar-refractivity contribution in [3.63, 3.8) is 0 Å². The van der Waals surface area contributed by atoms with Crippen LogP contribution < -0.4 is 10.2 Å². The lowest BCUT2D eigenvalue weighted by Gasteiger charge is -2.29. The summed E-state index contributed by atoms with van der Waals surface area (Å²) in [6.45, 7) is 6.96. The van der Waals surface area contributed by atoms with Crippen LogP contribution in [0.1, 0.15) is 31.4 Å². The average Bonchev–Trinajstić information content (AvgIpc) is 2.73.